The van der Waals surface area contributed by atoms with Crippen molar-refractivity contribution in [3.8, 4) is 0 Å². The normalized spacial score (nSPS) is 12.0. The van der Waals surface area contributed by atoms with Gasteiger partial charge in [0.1, 0.15) is 6.04 Å². The molecule has 1 amide bonds. The lowest BCUT2D eigenvalue weighted by molar-refractivity contribution is -0.139. The summed E-state index contributed by atoms with van der Waals surface area (Å²) in [6.45, 7) is 1.92. The lowest BCUT2D eigenvalue weighted by Crippen LogP contribution is -2.40. The van der Waals surface area contributed by atoms with Gasteiger partial charge in [-0.05, 0) is 30.2 Å². The Morgan fingerprint density at radius 2 is 1.88 bits per heavy atom. The van der Waals surface area contributed by atoms with Crippen molar-refractivity contribution in [2.75, 3.05) is 6.61 Å². The van der Waals surface area contributed by atoms with Gasteiger partial charge >= 0.3 is 11.9 Å². The maximum atomic E-state index is 12.5. The van der Waals surface area contributed by atoms with E-state index in [-0.39, 0.29) is 13.0 Å². The van der Waals surface area contributed by atoms with Crippen LogP contribution >= 0.6 is 0 Å². The number of carboxylic acid groups (broad SMARTS) is 1. The molecule has 130 valence electrons. The number of rotatable bonds is 7. The van der Waals surface area contributed by atoms with Gasteiger partial charge in [0.15, 0.2) is 0 Å². The number of aliphatic carboxylic acids is 1. The molecule has 6 heteroatoms. The van der Waals surface area contributed by atoms with Crippen LogP contribution in [0.4, 0.5) is 0 Å². The maximum absolute atomic E-state index is 12.5. The van der Waals surface area contributed by atoms with E-state index in [9.17, 15) is 19.5 Å². The second-order valence-corrected chi connectivity index (χ2v) is 5.28. The first-order valence-corrected chi connectivity index (χ1v) is 7.87. The molecule has 0 fully saturated rings. The van der Waals surface area contributed by atoms with E-state index < -0.39 is 23.9 Å². The Kier molecular flexibility index (Phi) is 6.28. The van der Waals surface area contributed by atoms with E-state index >= 15 is 0 Å². The van der Waals surface area contributed by atoms with E-state index in [1.54, 1.807) is 25.1 Å². The summed E-state index contributed by atoms with van der Waals surface area (Å²) in [4.78, 5) is 35.1. The number of hydrogen-bond donors (Lipinski definition) is 2. The Labute approximate surface area is 145 Å². The van der Waals surface area contributed by atoms with Crippen LogP contribution in [0.25, 0.3) is 10.8 Å². The van der Waals surface area contributed by atoms with Crippen molar-refractivity contribution in [3.63, 3.8) is 0 Å². The number of esters is 1. The van der Waals surface area contributed by atoms with Crippen molar-refractivity contribution in [2.45, 2.75) is 19.4 Å². The molecule has 0 bridgehead atoms. The molecule has 2 aromatic rings. The van der Waals surface area contributed by atoms with Gasteiger partial charge in [0.05, 0.1) is 6.61 Å². The lowest BCUT2D eigenvalue weighted by atomic mass is 10.0. The molecule has 0 aliphatic carbocycles. The Balaban J connectivity index is 2.12. The summed E-state index contributed by atoms with van der Waals surface area (Å²) in [5.41, 5.74) is 0.402. The molecule has 0 saturated carbocycles. The molecule has 6 nitrogen and oxygen atoms in total. The van der Waals surface area contributed by atoms with E-state index in [1.165, 1.54) is 6.08 Å². The minimum absolute atomic E-state index is 0.0232. The van der Waals surface area contributed by atoms with Gasteiger partial charge in [0, 0.05) is 11.6 Å². The molecule has 0 aromatic heterocycles. The van der Waals surface area contributed by atoms with Gasteiger partial charge in [-0.2, -0.15) is 0 Å². The fraction of sp³-hybridized carbons (Fsp3) is 0.211. The van der Waals surface area contributed by atoms with Crippen molar-refractivity contribution >= 4 is 28.6 Å². The van der Waals surface area contributed by atoms with Crippen molar-refractivity contribution in [3.05, 3.63) is 60.2 Å². The van der Waals surface area contributed by atoms with E-state index in [0.717, 1.165) is 16.8 Å². The summed E-state index contributed by atoms with van der Waals surface area (Å²) in [6, 6.07) is 11.5. The van der Waals surface area contributed by atoms with Gasteiger partial charge in [-0.1, -0.05) is 42.5 Å². The number of ether oxygens (including phenoxy) is 1. The summed E-state index contributed by atoms with van der Waals surface area (Å²) in [6.07, 6.45) is 2.51. The standard InChI is InChI=1S/C19H19NO5/c1-2-25-17(21)12-6-11-16(19(23)24)20-18(22)15-10-5-8-13-7-3-4-9-14(13)15/h3-10,12,16H,2,11H2,1H3,(H,20,22)(H,23,24)/b12-6+/t16-/m0/s1. The van der Waals surface area contributed by atoms with Crippen LogP contribution < -0.4 is 5.32 Å². The Hall–Kier alpha value is -3.15. The quantitative estimate of drug-likeness (QED) is 0.596. The molecule has 0 radical (unpaired) electrons. The zero-order chi connectivity index (χ0) is 18.2. The monoisotopic (exact) mass is 341 g/mol. The minimum Gasteiger partial charge on any atom is -0.480 e. The van der Waals surface area contributed by atoms with Gasteiger partial charge in [-0.3, -0.25) is 4.79 Å². The fourth-order valence-electron chi connectivity index (χ4n) is 2.37. The lowest BCUT2D eigenvalue weighted by Gasteiger charge is -2.14. The highest BCUT2D eigenvalue weighted by Gasteiger charge is 2.20. The van der Waals surface area contributed by atoms with Crippen molar-refractivity contribution < 1.29 is 24.2 Å². The van der Waals surface area contributed by atoms with E-state index in [2.05, 4.69) is 5.32 Å². The average Bonchev–Trinajstić information content (AvgIpc) is 2.60. The highest BCUT2D eigenvalue weighted by Crippen LogP contribution is 2.18. The second-order valence-electron chi connectivity index (χ2n) is 5.28. The number of fused-ring (bicyclic) bond motifs is 1. The Bertz CT molecular complexity index is 807. The second kappa shape index (κ2) is 8.63. The van der Waals surface area contributed by atoms with E-state index in [1.807, 2.05) is 24.3 Å². The molecule has 0 aliphatic rings. The van der Waals surface area contributed by atoms with Gasteiger partial charge < -0.3 is 15.2 Å². The van der Waals surface area contributed by atoms with Gasteiger partial charge in [0.25, 0.3) is 5.91 Å². The van der Waals surface area contributed by atoms with Gasteiger partial charge in [-0.25, -0.2) is 9.59 Å². The molecule has 2 rings (SSSR count). The molecular weight excluding hydrogens is 322 g/mol. The molecule has 2 N–H and O–H groups in total. The largest absolute Gasteiger partial charge is 0.480 e. The number of amides is 1. The minimum atomic E-state index is -1.18. The molecular formula is C19H19NO5. The first kappa shape index (κ1) is 18.2. The molecule has 0 heterocycles. The summed E-state index contributed by atoms with van der Waals surface area (Å²) >= 11 is 0. The summed E-state index contributed by atoms with van der Waals surface area (Å²) in [5, 5.41) is 13.4. The first-order valence-electron chi connectivity index (χ1n) is 7.87. The average molecular weight is 341 g/mol. The maximum Gasteiger partial charge on any atom is 0.330 e. The smallest absolute Gasteiger partial charge is 0.330 e. The fourth-order valence-corrected chi connectivity index (χ4v) is 2.37. The molecule has 0 spiro atoms. The summed E-state index contributed by atoms with van der Waals surface area (Å²) in [7, 11) is 0. The van der Waals surface area contributed by atoms with Crippen molar-refractivity contribution in [1.82, 2.24) is 5.32 Å². The predicted molar refractivity (Wildman–Crippen MR) is 93.2 cm³/mol. The zero-order valence-electron chi connectivity index (χ0n) is 13.8. The highest BCUT2D eigenvalue weighted by atomic mass is 16.5. The van der Waals surface area contributed by atoms with Crippen LogP contribution in [0.15, 0.2) is 54.6 Å². The molecule has 0 saturated heterocycles. The van der Waals surface area contributed by atoms with Gasteiger partial charge in [0.2, 0.25) is 0 Å². The summed E-state index contributed by atoms with van der Waals surface area (Å²) in [5.74, 6) is -2.21. The topological polar surface area (TPSA) is 92.7 Å². The number of nitrogens with one attached hydrogen (secondary N) is 1. The third kappa shape index (κ3) is 4.91. The number of carbonyl (C=O) groups is 3. The van der Waals surface area contributed by atoms with Crippen LogP contribution in [0, 0.1) is 0 Å². The van der Waals surface area contributed by atoms with Crippen LogP contribution in [0.2, 0.25) is 0 Å². The molecule has 0 aliphatic heterocycles. The SMILES string of the molecule is CCOC(=O)/C=C/C[C@H](NC(=O)c1cccc2ccccc12)C(=O)O. The molecule has 2 aromatic carbocycles. The molecule has 1 atom stereocenters. The third-order valence-corrected chi connectivity index (χ3v) is 3.55. The zero-order valence-corrected chi connectivity index (χ0v) is 13.8. The number of benzene rings is 2. The number of hydrogen-bond acceptors (Lipinski definition) is 4. The Morgan fingerprint density at radius 1 is 1.16 bits per heavy atom. The molecule has 0 unspecified atom stereocenters. The summed E-state index contributed by atoms with van der Waals surface area (Å²) < 4.78 is 4.72. The van der Waals surface area contributed by atoms with Crippen LogP contribution in [0.5, 0.6) is 0 Å². The molecule has 25 heavy (non-hydrogen) atoms. The van der Waals surface area contributed by atoms with Crippen LogP contribution in [0.1, 0.15) is 23.7 Å². The van der Waals surface area contributed by atoms with Crippen LogP contribution in [-0.4, -0.2) is 35.6 Å². The van der Waals surface area contributed by atoms with Gasteiger partial charge in [-0.15, -0.1) is 0 Å². The predicted octanol–water partition coefficient (Wildman–Crippen LogP) is 2.53. The van der Waals surface area contributed by atoms with Crippen LogP contribution in [-0.2, 0) is 14.3 Å². The third-order valence-electron chi connectivity index (χ3n) is 3.55. The van der Waals surface area contributed by atoms with Crippen molar-refractivity contribution in [2.24, 2.45) is 0 Å². The first-order chi connectivity index (χ1) is 12.0. The number of carboxylic acids is 1. The number of carbonyl (C=O) groups excluding carboxylic acids is 2. The Morgan fingerprint density at radius 3 is 2.60 bits per heavy atom. The van der Waals surface area contributed by atoms with E-state index in [4.69, 9.17) is 4.74 Å². The van der Waals surface area contributed by atoms with Crippen LogP contribution in [0.3, 0.4) is 0 Å². The van der Waals surface area contributed by atoms with E-state index in [0.29, 0.717) is 5.56 Å². The highest BCUT2D eigenvalue weighted by molar-refractivity contribution is 6.07. The van der Waals surface area contributed by atoms with Crippen molar-refractivity contribution in [1.29, 1.82) is 0 Å².